The third-order valence-electron chi connectivity index (χ3n) is 8.17. The van der Waals surface area contributed by atoms with Crippen molar-refractivity contribution in [3.05, 3.63) is 76.5 Å². The summed E-state index contributed by atoms with van der Waals surface area (Å²) in [6.07, 6.45) is -1.28. The number of nitrogens with one attached hydrogen (secondary N) is 3. The second-order valence-electron chi connectivity index (χ2n) is 11.8. The van der Waals surface area contributed by atoms with Gasteiger partial charge in [-0.25, -0.2) is 4.98 Å². The first-order chi connectivity index (χ1) is 21.4. The lowest BCUT2D eigenvalue weighted by Crippen LogP contribution is -2.53. The van der Waals surface area contributed by atoms with Crippen molar-refractivity contribution >= 4 is 18.0 Å². The second kappa shape index (κ2) is 13.6. The number of fused-ring (bicyclic) bond motifs is 2. The molecule has 1 amide bonds. The van der Waals surface area contributed by atoms with Crippen LogP contribution in [0.2, 0.25) is 0 Å². The summed E-state index contributed by atoms with van der Waals surface area (Å²) in [4.78, 5) is 28.4. The third kappa shape index (κ3) is 7.63. The lowest BCUT2D eigenvalue weighted by atomic mass is 10.0. The van der Waals surface area contributed by atoms with Gasteiger partial charge in [0, 0.05) is 66.9 Å². The van der Waals surface area contributed by atoms with Gasteiger partial charge in [-0.3, -0.25) is 19.8 Å². The number of ether oxygens (including phenoxy) is 2. The molecular formula is C33H38F3N5O4. The molecule has 4 atom stereocenters. The Labute approximate surface area is 260 Å². The highest BCUT2D eigenvalue weighted by Crippen LogP contribution is 2.41. The van der Waals surface area contributed by atoms with Crippen molar-refractivity contribution in [3.8, 4) is 17.2 Å². The highest BCUT2D eigenvalue weighted by Gasteiger charge is 2.34. The molecule has 3 N–H and O–H groups in total. The molecule has 0 spiro atoms. The minimum atomic E-state index is -4.44. The van der Waals surface area contributed by atoms with Gasteiger partial charge in [0.1, 0.15) is 29.4 Å². The monoisotopic (exact) mass is 625 g/mol. The topological polar surface area (TPSA) is 105 Å². The maximum Gasteiger partial charge on any atom is 0.416 e. The van der Waals surface area contributed by atoms with Crippen LogP contribution in [-0.4, -0.2) is 60.5 Å². The molecule has 240 valence electrons. The Balaban J connectivity index is 0.000000180. The molecule has 45 heavy (non-hydrogen) atoms. The number of benzene rings is 2. The van der Waals surface area contributed by atoms with Gasteiger partial charge < -0.3 is 20.1 Å². The molecule has 4 heterocycles. The van der Waals surface area contributed by atoms with Gasteiger partial charge in [-0.05, 0) is 63.2 Å². The molecule has 12 heteroatoms. The largest absolute Gasteiger partial charge is 0.474 e. The summed E-state index contributed by atoms with van der Waals surface area (Å²) in [5.74, 6) is 3.21. The Hall–Kier alpha value is -4.00. The average Bonchev–Trinajstić information content (AvgIpc) is 3.31. The fourth-order valence-electron chi connectivity index (χ4n) is 6.12. The maximum atomic E-state index is 13.1. The Kier molecular flexibility index (Phi) is 9.76. The Morgan fingerprint density at radius 2 is 1.84 bits per heavy atom. The zero-order valence-electron chi connectivity index (χ0n) is 25.7. The summed E-state index contributed by atoms with van der Waals surface area (Å²) < 4.78 is 51.3. The van der Waals surface area contributed by atoms with E-state index < -0.39 is 11.7 Å². The van der Waals surface area contributed by atoms with E-state index in [1.54, 1.807) is 6.20 Å². The number of aldehydes is 1. The Bertz CT molecular complexity index is 1540. The number of carbonyl (C=O) groups is 2. The fraction of sp³-hybridized carbons (Fsp3) is 0.424. The van der Waals surface area contributed by atoms with Crippen molar-refractivity contribution in [2.45, 2.75) is 70.6 Å². The smallest absolute Gasteiger partial charge is 0.416 e. The highest BCUT2D eigenvalue weighted by atomic mass is 19.4. The van der Waals surface area contributed by atoms with Gasteiger partial charge in [-0.15, -0.1) is 0 Å². The average molecular weight is 626 g/mol. The number of hydrogen-bond acceptors (Lipinski definition) is 8. The zero-order valence-corrected chi connectivity index (χ0v) is 25.7. The number of carbonyl (C=O) groups excluding carboxylic acids is 2. The van der Waals surface area contributed by atoms with Crippen LogP contribution in [0.1, 0.15) is 65.7 Å². The first-order valence-electron chi connectivity index (χ1n) is 15.0. The van der Waals surface area contributed by atoms with E-state index in [-0.39, 0.29) is 47.8 Å². The van der Waals surface area contributed by atoms with Crippen LogP contribution in [0.4, 0.5) is 19.0 Å². The number of anilines is 1. The molecule has 0 bridgehead atoms. The van der Waals surface area contributed by atoms with Gasteiger partial charge in [0.25, 0.3) is 0 Å². The molecule has 1 saturated heterocycles. The molecule has 1 aromatic heterocycles. The normalized spacial score (nSPS) is 22.7. The molecule has 6 rings (SSSR count). The van der Waals surface area contributed by atoms with E-state index in [0.717, 1.165) is 34.4 Å². The third-order valence-corrected chi connectivity index (χ3v) is 8.17. The quantitative estimate of drug-likeness (QED) is 0.309. The summed E-state index contributed by atoms with van der Waals surface area (Å²) in [5.41, 5.74) is 1.62. The number of likely N-dealkylation sites (N-methyl/N-ethyl adjacent to an activating group) is 1. The second-order valence-corrected chi connectivity index (χ2v) is 11.8. The molecule has 0 aliphatic carbocycles. The van der Waals surface area contributed by atoms with E-state index >= 15 is 0 Å². The van der Waals surface area contributed by atoms with Crippen LogP contribution in [0.25, 0.3) is 0 Å². The van der Waals surface area contributed by atoms with Gasteiger partial charge in [-0.1, -0.05) is 19.1 Å². The van der Waals surface area contributed by atoms with E-state index in [4.69, 9.17) is 9.47 Å². The maximum absolute atomic E-state index is 13.1. The molecular weight excluding hydrogens is 587 g/mol. The number of rotatable bonds is 6. The van der Waals surface area contributed by atoms with Gasteiger partial charge in [0.2, 0.25) is 5.91 Å². The molecule has 3 aromatic rings. The van der Waals surface area contributed by atoms with Gasteiger partial charge in [0.15, 0.2) is 6.23 Å². The van der Waals surface area contributed by atoms with Crippen molar-refractivity contribution in [2.24, 2.45) is 0 Å². The molecule has 0 radical (unpaired) electrons. The predicted molar refractivity (Wildman–Crippen MR) is 164 cm³/mol. The minimum Gasteiger partial charge on any atom is -0.474 e. The molecule has 0 saturated carbocycles. The van der Waals surface area contributed by atoms with Gasteiger partial charge in [-0.2, -0.15) is 13.2 Å². The summed E-state index contributed by atoms with van der Waals surface area (Å²) in [7, 11) is 1.89. The van der Waals surface area contributed by atoms with Crippen LogP contribution in [-0.2, 0) is 23.9 Å². The number of hydrogen-bond donors (Lipinski definition) is 3. The molecule has 1 fully saturated rings. The Morgan fingerprint density at radius 1 is 1.09 bits per heavy atom. The predicted octanol–water partition coefficient (Wildman–Crippen LogP) is 5.50. The molecule has 9 nitrogen and oxygen atoms in total. The van der Waals surface area contributed by atoms with Crippen LogP contribution < -0.4 is 25.4 Å². The lowest BCUT2D eigenvalue weighted by molar-refractivity contribution is -0.138. The minimum absolute atomic E-state index is 0.00578. The van der Waals surface area contributed by atoms with Crippen molar-refractivity contribution < 1.29 is 32.2 Å². The number of amides is 1. The number of nitrogens with zero attached hydrogens (tertiary/aromatic N) is 2. The van der Waals surface area contributed by atoms with Crippen LogP contribution in [0.5, 0.6) is 17.2 Å². The van der Waals surface area contributed by atoms with Gasteiger partial charge >= 0.3 is 6.18 Å². The Morgan fingerprint density at radius 3 is 2.53 bits per heavy atom. The molecule has 3 unspecified atom stereocenters. The summed E-state index contributed by atoms with van der Waals surface area (Å²) in [6.45, 7) is 7.81. The van der Waals surface area contributed by atoms with E-state index in [9.17, 15) is 22.8 Å². The number of piperazine rings is 1. The summed E-state index contributed by atoms with van der Waals surface area (Å²) in [5, 5.41) is 9.30. The van der Waals surface area contributed by atoms with E-state index in [0.29, 0.717) is 38.0 Å². The zero-order chi connectivity index (χ0) is 32.3. The van der Waals surface area contributed by atoms with E-state index in [1.807, 2.05) is 50.1 Å². The number of aromatic nitrogens is 1. The molecule has 3 aliphatic heterocycles. The SMILES string of the molecule is CC1CN(Cc2ccc(C=O)cc2C(F)(F)F)CC(C)N1.CN[C@@H]1Oc2ccc(Oc3ccnc4c3CCC(=O)N4)cc2C1C. The highest BCUT2D eigenvalue weighted by molar-refractivity contribution is 5.93. The number of pyridine rings is 1. The van der Waals surface area contributed by atoms with Crippen LogP contribution in [0.15, 0.2) is 48.7 Å². The standard InChI is InChI=1S/C18H19N3O3.C15H19F3N2O/c1-10-13-9-11(3-5-14(13)24-18(10)19-2)23-15-7-8-20-17-12(15)4-6-16(22)21-17;1-10-6-20(7-11(2)19-10)8-13-4-3-12(9-21)5-14(13)15(16,17)18/h3,5,7-10,18-19H,4,6H2,1-2H3,(H,20,21,22);3-5,9-11,19H,6-8H2,1-2H3/t10?,18-;/m1./s1. The first-order valence-corrected chi connectivity index (χ1v) is 15.0. The van der Waals surface area contributed by atoms with Crippen molar-refractivity contribution in [2.75, 3.05) is 25.5 Å². The van der Waals surface area contributed by atoms with E-state index in [2.05, 4.69) is 27.9 Å². The first kappa shape index (κ1) is 32.4. The summed E-state index contributed by atoms with van der Waals surface area (Å²) in [6, 6.07) is 12.0. The van der Waals surface area contributed by atoms with Crippen LogP contribution in [0, 0.1) is 0 Å². The van der Waals surface area contributed by atoms with Crippen LogP contribution >= 0.6 is 0 Å². The van der Waals surface area contributed by atoms with Crippen molar-refractivity contribution in [1.29, 1.82) is 0 Å². The van der Waals surface area contributed by atoms with E-state index in [1.165, 1.54) is 12.1 Å². The summed E-state index contributed by atoms with van der Waals surface area (Å²) >= 11 is 0. The van der Waals surface area contributed by atoms with Gasteiger partial charge in [0.05, 0.1) is 5.56 Å². The molecule has 3 aliphatic rings. The van der Waals surface area contributed by atoms with Crippen LogP contribution in [0.3, 0.4) is 0 Å². The molecule has 2 aromatic carbocycles. The van der Waals surface area contributed by atoms with Crippen molar-refractivity contribution in [3.63, 3.8) is 0 Å². The fourth-order valence-corrected chi connectivity index (χ4v) is 6.12. The number of alkyl halides is 3. The van der Waals surface area contributed by atoms with Crippen molar-refractivity contribution in [1.82, 2.24) is 20.5 Å². The lowest BCUT2D eigenvalue weighted by Gasteiger charge is -2.36. The number of halogens is 3.